The number of benzene rings is 1. The van der Waals surface area contributed by atoms with E-state index in [2.05, 4.69) is 21.2 Å². The van der Waals surface area contributed by atoms with Gasteiger partial charge in [0.1, 0.15) is 0 Å². The van der Waals surface area contributed by atoms with Gasteiger partial charge < -0.3 is 5.32 Å². The molecular formula is C10H11BrClNOS. The van der Waals surface area contributed by atoms with Crippen LogP contribution in [-0.4, -0.2) is 22.3 Å². The fourth-order valence-corrected chi connectivity index (χ4v) is 3.65. The van der Waals surface area contributed by atoms with Crippen molar-refractivity contribution in [1.29, 1.82) is 0 Å². The molecular weight excluding hydrogens is 298 g/mol. The molecule has 2 unspecified atom stereocenters. The van der Waals surface area contributed by atoms with E-state index in [1.54, 1.807) is 0 Å². The monoisotopic (exact) mass is 307 g/mol. The van der Waals surface area contributed by atoms with Crippen LogP contribution in [0.1, 0.15) is 11.6 Å². The summed E-state index contributed by atoms with van der Waals surface area (Å²) in [5, 5.41) is 4.06. The number of nitrogens with one attached hydrogen (secondary N) is 1. The van der Waals surface area contributed by atoms with Gasteiger partial charge in [0, 0.05) is 44.4 Å². The van der Waals surface area contributed by atoms with E-state index in [4.69, 9.17) is 11.6 Å². The van der Waals surface area contributed by atoms with Gasteiger partial charge in [0.2, 0.25) is 0 Å². The van der Waals surface area contributed by atoms with Crippen molar-refractivity contribution < 1.29 is 4.21 Å². The zero-order chi connectivity index (χ0) is 10.8. The van der Waals surface area contributed by atoms with Crippen molar-refractivity contribution in [3.05, 3.63) is 33.3 Å². The summed E-state index contributed by atoms with van der Waals surface area (Å²) in [6.07, 6.45) is 0. The quantitative estimate of drug-likeness (QED) is 0.863. The van der Waals surface area contributed by atoms with Gasteiger partial charge in [-0.3, -0.25) is 4.21 Å². The molecule has 2 rings (SSSR count). The van der Waals surface area contributed by atoms with Gasteiger partial charge in [-0.1, -0.05) is 33.6 Å². The molecule has 2 atom stereocenters. The Bertz CT molecular complexity index is 399. The van der Waals surface area contributed by atoms with Gasteiger partial charge in [0.05, 0.1) is 0 Å². The number of halogens is 2. The lowest BCUT2D eigenvalue weighted by atomic mass is 10.1. The Labute approximate surface area is 105 Å². The van der Waals surface area contributed by atoms with E-state index < -0.39 is 10.8 Å². The van der Waals surface area contributed by atoms with Crippen molar-refractivity contribution in [1.82, 2.24) is 5.32 Å². The van der Waals surface area contributed by atoms with Crippen LogP contribution in [0.25, 0.3) is 0 Å². The Morgan fingerprint density at radius 3 is 3.00 bits per heavy atom. The summed E-state index contributed by atoms with van der Waals surface area (Å²) in [6, 6.07) is 5.93. The van der Waals surface area contributed by atoms with Crippen LogP contribution in [0.4, 0.5) is 0 Å². The van der Waals surface area contributed by atoms with Crippen molar-refractivity contribution >= 4 is 38.3 Å². The number of rotatable bonds is 1. The normalized spacial score (nSPS) is 26.5. The zero-order valence-corrected chi connectivity index (χ0v) is 11.2. The highest BCUT2D eigenvalue weighted by Gasteiger charge is 2.21. The first-order valence-corrected chi connectivity index (χ1v) is 7.36. The fourth-order valence-electron chi connectivity index (χ4n) is 1.66. The van der Waals surface area contributed by atoms with E-state index in [1.165, 1.54) is 0 Å². The highest BCUT2D eigenvalue weighted by molar-refractivity contribution is 9.10. The Kier molecular flexibility index (Phi) is 3.83. The smallest absolute Gasteiger partial charge is 0.0465 e. The second-order valence-corrected chi connectivity index (χ2v) is 6.43. The van der Waals surface area contributed by atoms with Crippen LogP contribution in [0.15, 0.2) is 22.7 Å². The van der Waals surface area contributed by atoms with Gasteiger partial charge in [0.15, 0.2) is 0 Å². The summed E-state index contributed by atoms with van der Waals surface area (Å²) < 4.78 is 12.4. The minimum absolute atomic E-state index is 0.125. The van der Waals surface area contributed by atoms with Gasteiger partial charge >= 0.3 is 0 Å². The molecule has 0 amide bonds. The Morgan fingerprint density at radius 1 is 1.53 bits per heavy atom. The molecule has 5 heteroatoms. The van der Waals surface area contributed by atoms with Gasteiger partial charge in [-0.15, -0.1) is 0 Å². The van der Waals surface area contributed by atoms with Crippen molar-refractivity contribution in [2.24, 2.45) is 0 Å². The molecule has 1 aliphatic heterocycles. The Balaban J connectivity index is 2.24. The first-order valence-electron chi connectivity index (χ1n) is 4.70. The van der Waals surface area contributed by atoms with Crippen LogP contribution < -0.4 is 5.32 Å². The SMILES string of the molecule is O=S1CCNC(c2ccc(Br)cc2Cl)C1. The largest absolute Gasteiger partial charge is 0.308 e. The molecule has 1 saturated heterocycles. The second kappa shape index (κ2) is 4.95. The Morgan fingerprint density at radius 2 is 2.33 bits per heavy atom. The predicted octanol–water partition coefficient (Wildman–Crippen LogP) is 2.50. The lowest BCUT2D eigenvalue weighted by molar-refractivity contribution is 0.572. The van der Waals surface area contributed by atoms with Crippen LogP contribution in [0.3, 0.4) is 0 Å². The third kappa shape index (κ3) is 2.81. The minimum Gasteiger partial charge on any atom is -0.308 e. The van der Waals surface area contributed by atoms with Crippen LogP contribution in [0.5, 0.6) is 0 Å². The van der Waals surface area contributed by atoms with E-state index >= 15 is 0 Å². The second-order valence-electron chi connectivity index (χ2n) is 3.48. The molecule has 15 heavy (non-hydrogen) atoms. The number of hydrogen-bond acceptors (Lipinski definition) is 2. The summed E-state index contributed by atoms with van der Waals surface area (Å²) >= 11 is 9.51. The molecule has 2 nitrogen and oxygen atoms in total. The van der Waals surface area contributed by atoms with Gasteiger partial charge in [-0.25, -0.2) is 0 Å². The molecule has 82 valence electrons. The average Bonchev–Trinajstić information content (AvgIpc) is 2.17. The topological polar surface area (TPSA) is 29.1 Å². The molecule has 1 aliphatic rings. The summed E-state index contributed by atoms with van der Waals surface area (Å²) in [7, 11) is -0.717. The molecule has 1 aromatic rings. The molecule has 0 aliphatic carbocycles. The van der Waals surface area contributed by atoms with Gasteiger partial charge in [-0.2, -0.15) is 0 Å². The molecule has 0 bridgehead atoms. The zero-order valence-electron chi connectivity index (χ0n) is 8.00. The lowest BCUT2D eigenvalue weighted by Crippen LogP contribution is -2.36. The molecule has 0 aromatic heterocycles. The number of hydrogen-bond donors (Lipinski definition) is 1. The minimum atomic E-state index is -0.717. The van der Waals surface area contributed by atoms with E-state index in [1.807, 2.05) is 18.2 Å². The lowest BCUT2D eigenvalue weighted by Gasteiger charge is -2.24. The van der Waals surface area contributed by atoms with E-state index in [0.717, 1.165) is 27.4 Å². The molecule has 1 aromatic carbocycles. The van der Waals surface area contributed by atoms with Crippen molar-refractivity contribution in [3.63, 3.8) is 0 Å². The van der Waals surface area contributed by atoms with Gasteiger partial charge in [-0.05, 0) is 17.7 Å². The van der Waals surface area contributed by atoms with Crippen LogP contribution in [-0.2, 0) is 10.8 Å². The summed E-state index contributed by atoms with van der Waals surface area (Å²) in [4.78, 5) is 0. The highest BCUT2D eigenvalue weighted by Crippen LogP contribution is 2.27. The van der Waals surface area contributed by atoms with Crippen LogP contribution in [0, 0.1) is 0 Å². The summed E-state index contributed by atoms with van der Waals surface area (Å²) in [6.45, 7) is 0.795. The van der Waals surface area contributed by atoms with Crippen molar-refractivity contribution in [2.45, 2.75) is 6.04 Å². The summed E-state index contributed by atoms with van der Waals surface area (Å²) in [5.74, 6) is 1.39. The Hall–Kier alpha value is 0.1000. The van der Waals surface area contributed by atoms with Crippen molar-refractivity contribution in [3.8, 4) is 0 Å². The predicted molar refractivity (Wildman–Crippen MR) is 67.8 cm³/mol. The third-order valence-electron chi connectivity index (χ3n) is 2.41. The average molecular weight is 309 g/mol. The van der Waals surface area contributed by atoms with E-state index in [-0.39, 0.29) is 6.04 Å². The molecule has 0 saturated carbocycles. The third-order valence-corrected chi connectivity index (χ3v) is 4.60. The molecule has 1 N–H and O–H groups in total. The van der Waals surface area contributed by atoms with Crippen LogP contribution in [0.2, 0.25) is 5.02 Å². The highest BCUT2D eigenvalue weighted by atomic mass is 79.9. The molecule has 0 radical (unpaired) electrons. The first-order chi connectivity index (χ1) is 7.16. The molecule has 1 fully saturated rings. The van der Waals surface area contributed by atoms with Crippen molar-refractivity contribution in [2.75, 3.05) is 18.1 Å². The van der Waals surface area contributed by atoms with E-state index in [0.29, 0.717) is 5.75 Å². The maximum Gasteiger partial charge on any atom is 0.0465 e. The summed E-state index contributed by atoms with van der Waals surface area (Å²) in [5.41, 5.74) is 1.04. The molecule has 0 spiro atoms. The fraction of sp³-hybridized carbons (Fsp3) is 0.400. The standard InChI is InChI=1S/C10H11BrClNOS/c11-7-1-2-8(9(12)5-7)10-6-15(14)4-3-13-10/h1-2,5,10,13H,3-4,6H2. The maximum atomic E-state index is 11.4. The van der Waals surface area contributed by atoms with Crippen LogP contribution >= 0.6 is 27.5 Å². The van der Waals surface area contributed by atoms with E-state index in [9.17, 15) is 4.21 Å². The molecule has 1 heterocycles. The maximum absolute atomic E-state index is 11.4. The first kappa shape index (κ1) is 11.6. The van der Waals surface area contributed by atoms with Gasteiger partial charge in [0.25, 0.3) is 0 Å².